The second-order valence-electron chi connectivity index (χ2n) is 5.90. The Morgan fingerprint density at radius 2 is 2.15 bits per heavy atom. The third kappa shape index (κ3) is 4.08. The minimum atomic E-state index is -0.170. The van der Waals surface area contributed by atoms with E-state index in [2.05, 4.69) is 20.4 Å². The molecule has 2 aromatic heterocycles. The number of rotatable bonds is 6. The predicted molar refractivity (Wildman–Crippen MR) is 106 cm³/mol. The second-order valence-corrected chi connectivity index (χ2v) is 8.15. The molecule has 4 rings (SSSR count). The van der Waals surface area contributed by atoms with Crippen LogP contribution in [-0.2, 0) is 4.79 Å². The van der Waals surface area contributed by atoms with Crippen molar-refractivity contribution in [1.29, 1.82) is 0 Å². The quantitative estimate of drug-likeness (QED) is 0.397. The number of para-hydroxylation sites is 1. The zero-order chi connectivity index (χ0) is 17.8. The van der Waals surface area contributed by atoms with Gasteiger partial charge in [-0.1, -0.05) is 23.9 Å². The smallest absolute Gasteiger partial charge is 0.250 e. The van der Waals surface area contributed by atoms with Crippen LogP contribution in [0.3, 0.4) is 0 Å². The van der Waals surface area contributed by atoms with Crippen LogP contribution in [0.25, 0.3) is 10.2 Å². The lowest BCUT2D eigenvalue weighted by Gasteiger charge is -2.12. The van der Waals surface area contributed by atoms with Crippen LogP contribution in [-0.4, -0.2) is 35.9 Å². The van der Waals surface area contributed by atoms with Crippen LogP contribution in [0, 0.1) is 0 Å². The number of fused-ring (bicyclic) bond motifs is 1. The molecule has 0 spiro atoms. The Morgan fingerprint density at radius 1 is 1.31 bits per heavy atom. The van der Waals surface area contributed by atoms with Gasteiger partial charge in [0, 0.05) is 19.2 Å². The van der Waals surface area contributed by atoms with Crippen molar-refractivity contribution in [2.75, 3.05) is 23.7 Å². The Balaban J connectivity index is 1.26. The fraction of sp³-hybridized carbons (Fsp3) is 0.278. The van der Waals surface area contributed by atoms with E-state index in [1.807, 2.05) is 36.4 Å². The highest BCUT2D eigenvalue weighted by Crippen LogP contribution is 2.29. The maximum absolute atomic E-state index is 11.9. The average molecular weight is 387 g/mol. The van der Waals surface area contributed by atoms with Crippen LogP contribution in [0.1, 0.15) is 18.6 Å². The molecule has 0 atom stereocenters. The molecule has 1 amide bonds. The van der Waals surface area contributed by atoms with E-state index in [1.165, 1.54) is 30.8 Å². The number of carbonyl (C=O) groups is 1. The van der Waals surface area contributed by atoms with E-state index in [1.54, 1.807) is 11.3 Å². The van der Waals surface area contributed by atoms with Gasteiger partial charge in [0.05, 0.1) is 22.2 Å². The first-order chi connectivity index (χ1) is 12.8. The Hall–Kier alpha value is -2.32. The number of aromatic nitrogens is 1. The highest BCUT2D eigenvalue weighted by atomic mass is 32.2. The van der Waals surface area contributed by atoms with E-state index in [4.69, 9.17) is 4.42 Å². The van der Waals surface area contributed by atoms with Gasteiger partial charge in [-0.15, -0.1) is 11.3 Å². The highest BCUT2D eigenvalue weighted by molar-refractivity contribution is 8.01. The molecule has 1 aliphatic rings. The van der Waals surface area contributed by atoms with Crippen LogP contribution in [0.15, 0.2) is 50.3 Å². The first-order valence-electron chi connectivity index (χ1n) is 8.43. The molecule has 134 valence electrons. The van der Waals surface area contributed by atoms with E-state index in [9.17, 15) is 4.79 Å². The zero-order valence-electron chi connectivity index (χ0n) is 14.1. The molecule has 3 aromatic rings. The fourth-order valence-corrected chi connectivity index (χ4v) is 4.62. The Bertz CT molecular complexity index is 895. The van der Waals surface area contributed by atoms with Gasteiger partial charge >= 0.3 is 0 Å². The molecule has 0 unspecified atom stereocenters. The van der Waals surface area contributed by atoms with E-state index in [0.717, 1.165) is 33.5 Å². The van der Waals surface area contributed by atoms with Crippen LogP contribution in [0.4, 0.5) is 5.88 Å². The maximum Gasteiger partial charge on any atom is 0.250 e. The molecule has 0 saturated carbocycles. The maximum atomic E-state index is 11.9. The van der Waals surface area contributed by atoms with Crippen molar-refractivity contribution in [2.24, 2.45) is 5.10 Å². The van der Waals surface area contributed by atoms with E-state index in [-0.39, 0.29) is 11.7 Å². The number of nitrogens with zero attached hydrogens (tertiary/aromatic N) is 3. The number of anilines is 1. The summed E-state index contributed by atoms with van der Waals surface area (Å²) in [5.74, 6) is 1.60. The molecule has 1 fully saturated rings. The molecule has 1 saturated heterocycles. The number of hydrogen-bond acceptors (Lipinski definition) is 7. The second kappa shape index (κ2) is 7.92. The monoisotopic (exact) mass is 386 g/mol. The summed E-state index contributed by atoms with van der Waals surface area (Å²) in [7, 11) is 0. The molecule has 0 bridgehead atoms. The molecule has 26 heavy (non-hydrogen) atoms. The number of furan rings is 1. The van der Waals surface area contributed by atoms with Gasteiger partial charge in [0.1, 0.15) is 5.76 Å². The standard InChI is InChI=1S/C18H18N4O2S2/c23-16(12-25-18-20-14-5-1-2-6-15(14)26-18)21-19-11-13-7-8-17(24-13)22-9-3-4-10-22/h1-2,5-8,11H,3-4,9-10,12H2,(H,21,23)/b19-11+. The predicted octanol–water partition coefficient (Wildman–Crippen LogP) is 3.73. The van der Waals surface area contributed by atoms with Crippen molar-refractivity contribution in [2.45, 2.75) is 17.2 Å². The molecule has 1 aliphatic heterocycles. The molecular weight excluding hydrogens is 368 g/mol. The SMILES string of the molecule is O=C(CSc1nc2ccccc2s1)N/N=C/c1ccc(N2CCCC2)o1. The lowest BCUT2D eigenvalue weighted by Crippen LogP contribution is -2.19. The van der Waals surface area contributed by atoms with Crippen molar-refractivity contribution in [3.05, 3.63) is 42.2 Å². The lowest BCUT2D eigenvalue weighted by atomic mass is 10.3. The van der Waals surface area contributed by atoms with Crippen molar-refractivity contribution >= 4 is 51.3 Å². The minimum Gasteiger partial charge on any atom is -0.440 e. The van der Waals surface area contributed by atoms with E-state index in [0.29, 0.717) is 5.76 Å². The molecular formula is C18H18N4O2S2. The van der Waals surface area contributed by atoms with Gasteiger partial charge in [-0.3, -0.25) is 4.79 Å². The summed E-state index contributed by atoms with van der Waals surface area (Å²) in [6.45, 7) is 2.06. The summed E-state index contributed by atoms with van der Waals surface area (Å²) in [5.41, 5.74) is 3.49. The van der Waals surface area contributed by atoms with Gasteiger partial charge in [0.25, 0.3) is 5.91 Å². The van der Waals surface area contributed by atoms with Crippen molar-refractivity contribution in [3.8, 4) is 0 Å². The van der Waals surface area contributed by atoms with Gasteiger partial charge in [-0.05, 0) is 31.0 Å². The largest absolute Gasteiger partial charge is 0.440 e. The topological polar surface area (TPSA) is 70.7 Å². The third-order valence-corrected chi connectivity index (χ3v) is 6.19. The van der Waals surface area contributed by atoms with Gasteiger partial charge in [-0.25, -0.2) is 10.4 Å². The summed E-state index contributed by atoms with van der Waals surface area (Å²) >= 11 is 3.00. The van der Waals surface area contributed by atoms with E-state index < -0.39 is 0 Å². The number of hydrazone groups is 1. The number of thioether (sulfide) groups is 1. The molecule has 1 N–H and O–H groups in total. The number of carbonyl (C=O) groups excluding carboxylic acids is 1. The normalized spacial score (nSPS) is 14.5. The summed E-state index contributed by atoms with van der Waals surface area (Å²) < 4.78 is 7.73. The summed E-state index contributed by atoms with van der Waals surface area (Å²) in [6.07, 6.45) is 3.93. The summed E-state index contributed by atoms with van der Waals surface area (Å²) in [5, 5.41) is 3.97. The van der Waals surface area contributed by atoms with Gasteiger partial charge in [0.2, 0.25) is 0 Å². The minimum absolute atomic E-state index is 0.170. The molecule has 8 heteroatoms. The van der Waals surface area contributed by atoms with Crippen LogP contribution in [0.2, 0.25) is 0 Å². The first-order valence-corrected chi connectivity index (χ1v) is 10.2. The van der Waals surface area contributed by atoms with Crippen LogP contribution < -0.4 is 10.3 Å². The molecule has 0 radical (unpaired) electrons. The van der Waals surface area contributed by atoms with Gasteiger partial charge < -0.3 is 9.32 Å². The number of hydrogen-bond donors (Lipinski definition) is 1. The van der Waals surface area contributed by atoms with Crippen LogP contribution >= 0.6 is 23.1 Å². The fourth-order valence-electron chi connectivity index (χ4n) is 2.76. The number of benzene rings is 1. The molecule has 0 aliphatic carbocycles. The lowest BCUT2D eigenvalue weighted by molar-refractivity contribution is -0.118. The third-order valence-electron chi connectivity index (χ3n) is 4.01. The van der Waals surface area contributed by atoms with E-state index >= 15 is 0 Å². The molecule has 6 nitrogen and oxygen atoms in total. The molecule has 3 heterocycles. The zero-order valence-corrected chi connectivity index (χ0v) is 15.7. The Labute approximate surface area is 159 Å². The van der Waals surface area contributed by atoms with Gasteiger partial charge in [-0.2, -0.15) is 5.10 Å². The Kier molecular flexibility index (Phi) is 5.21. The first kappa shape index (κ1) is 17.1. The average Bonchev–Trinajstić information content (AvgIpc) is 3.38. The highest BCUT2D eigenvalue weighted by Gasteiger charge is 2.15. The van der Waals surface area contributed by atoms with Crippen molar-refractivity contribution < 1.29 is 9.21 Å². The number of amides is 1. The van der Waals surface area contributed by atoms with Gasteiger partial charge in [0.15, 0.2) is 10.2 Å². The van der Waals surface area contributed by atoms with Crippen molar-refractivity contribution in [1.82, 2.24) is 10.4 Å². The van der Waals surface area contributed by atoms with Crippen molar-refractivity contribution in [3.63, 3.8) is 0 Å². The Morgan fingerprint density at radius 3 is 3.00 bits per heavy atom. The number of thiazole rings is 1. The summed E-state index contributed by atoms with van der Waals surface area (Å²) in [6, 6.07) is 11.7. The number of nitrogens with one attached hydrogen (secondary N) is 1. The summed E-state index contributed by atoms with van der Waals surface area (Å²) in [4.78, 5) is 18.6. The van der Waals surface area contributed by atoms with Crippen LogP contribution in [0.5, 0.6) is 0 Å². The molecule has 1 aromatic carbocycles.